The first-order valence-corrected chi connectivity index (χ1v) is 9.00. The number of hydrogen-bond acceptors (Lipinski definition) is 5. The van der Waals surface area contributed by atoms with Gasteiger partial charge in [-0.1, -0.05) is 18.1 Å². The molecule has 28 heavy (non-hydrogen) atoms. The highest BCUT2D eigenvalue weighted by Gasteiger charge is 2.08. The molecule has 5 nitrogen and oxygen atoms in total. The molecule has 0 saturated carbocycles. The van der Waals surface area contributed by atoms with Crippen molar-refractivity contribution >= 4 is 23.1 Å². The highest BCUT2D eigenvalue weighted by atomic mass is 15.1. The monoisotopic (exact) mass is 367 g/mol. The van der Waals surface area contributed by atoms with Gasteiger partial charge >= 0.3 is 0 Å². The topological polar surface area (TPSA) is 73.6 Å². The van der Waals surface area contributed by atoms with E-state index in [9.17, 15) is 0 Å². The Balaban J connectivity index is 1.77. The van der Waals surface area contributed by atoms with E-state index in [2.05, 4.69) is 58.6 Å². The Morgan fingerprint density at radius 2 is 1.75 bits per heavy atom. The molecule has 0 atom stereocenters. The van der Waals surface area contributed by atoms with Gasteiger partial charge in [0.25, 0.3) is 0 Å². The Morgan fingerprint density at radius 3 is 2.39 bits per heavy atom. The fourth-order valence-corrected chi connectivity index (χ4v) is 2.99. The minimum absolute atomic E-state index is 0.499. The van der Waals surface area contributed by atoms with Gasteiger partial charge in [-0.2, -0.15) is 10.2 Å². The predicted octanol–water partition coefficient (Wildman–Crippen LogP) is 5.02. The molecule has 0 aliphatic carbocycles. The van der Waals surface area contributed by atoms with Crippen LogP contribution in [0.4, 0.5) is 23.1 Å². The smallest absolute Gasteiger partial charge is 0.229 e. The number of benzene rings is 2. The lowest BCUT2D eigenvalue weighted by atomic mass is 10.0. The van der Waals surface area contributed by atoms with Crippen molar-refractivity contribution < 1.29 is 0 Å². The van der Waals surface area contributed by atoms with Gasteiger partial charge in [-0.05, 0) is 67.3 Å². The Hall–Kier alpha value is -3.83. The number of terminal acetylenes is 1. The van der Waals surface area contributed by atoms with E-state index in [0.717, 1.165) is 34.5 Å². The van der Waals surface area contributed by atoms with Crippen LogP contribution in [-0.4, -0.2) is 9.97 Å². The minimum atomic E-state index is 0.499. The molecule has 0 radical (unpaired) electrons. The highest BCUT2D eigenvalue weighted by molar-refractivity contribution is 5.66. The molecule has 1 heterocycles. The van der Waals surface area contributed by atoms with Crippen LogP contribution < -0.4 is 10.6 Å². The maximum absolute atomic E-state index is 8.78. The summed E-state index contributed by atoms with van der Waals surface area (Å²) in [7, 11) is 0. The largest absolute Gasteiger partial charge is 0.340 e. The molecule has 2 N–H and O–H groups in total. The standard InChI is InChI=1S/C23H21N5/c1-4-18-7-9-20(10-8-18)26-23-25-13-11-21(28-23)27-22-16(2)14-19(6-5-12-24)15-17(22)3/h1,7-11,13-15H,5-6H2,2-3H3,(H2,25,26,27,28). The van der Waals surface area contributed by atoms with Crippen molar-refractivity contribution in [3.8, 4) is 18.4 Å². The number of aryl methyl sites for hydroxylation is 3. The number of nitrogens with one attached hydrogen (secondary N) is 2. The van der Waals surface area contributed by atoms with E-state index in [0.29, 0.717) is 18.2 Å². The molecule has 5 heteroatoms. The number of rotatable bonds is 6. The van der Waals surface area contributed by atoms with E-state index in [1.807, 2.05) is 30.3 Å². The molecule has 3 rings (SSSR count). The van der Waals surface area contributed by atoms with Gasteiger partial charge in [-0.15, -0.1) is 6.42 Å². The third-order valence-electron chi connectivity index (χ3n) is 4.33. The second-order valence-electron chi connectivity index (χ2n) is 6.50. The third-order valence-corrected chi connectivity index (χ3v) is 4.33. The number of anilines is 4. The first-order valence-electron chi connectivity index (χ1n) is 9.00. The number of nitriles is 1. The van der Waals surface area contributed by atoms with Crippen LogP contribution in [0.25, 0.3) is 0 Å². The summed E-state index contributed by atoms with van der Waals surface area (Å²) in [5.74, 6) is 3.80. The van der Waals surface area contributed by atoms with Crippen LogP contribution >= 0.6 is 0 Å². The summed E-state index contributed by atoms with van der Waals surface area (Å²) >= 11 is 0. The van der Waals surface area contributed by atoms with Crippen molar-refractivity contribution in [3.63, 3.8) is 0 Å². The molecule has 0 aliphatic rings. The Bertz CT molecular complexity index is 1030. The molecule has 0 spiro atoms. The number of aromatic nitrogens is 2. The highest BCUT2D eigenvalue weighted by Crippen LogP contribution is 2.26. The zero-order chi connectivity index (χ0) is 19.9. The second-order valence-corrected chi connectivity index (χ2v) is 6.50. The minimum Gasteiger partial charge on any atom is -0.340 e. The van der Waals surface area contributed by atoms with Crippen LogP contribution in [0.1, 0.15) is 28.7 Å². The average molecular weight is 367 g/mol. The van der Waals surface area contributed by atoms with Gasteiger partial charge in [0.15, 0.2) is 0 Å². The van der Waals surface area contributed by atoms with E-state index < -0.39 is 0 Å². The van der Waals surface area contributed by atoms with Crippen LogP contribution in [0.3, 0.4) is 0 Å². The van der Waals surface area contributed by atoms with E-state index >= 15 is 0 Å². The van der Waals surface area contributed by atoms with Crippen LogP contribution in [0.2, 0.25) is 0 Å². The van der Waals surface area contributed by atoms with Crippen molar-refractivity contribution in [2.24, 2.45) is 0 Å². The van der Waals surface area contributed by atoms with Crippen LogP contribution in [0.5, 0.6) is 0 Å². The second kappa shape index (κ2) is 8.70. The number of hydrogen-bond donors (Lipinski definition) is 2. The molecule has 1 aromatic heterocycles. The Morgan fingerprint density at radius 1 is 1.04 bits per heavy atom. The molecular weight excluding hydrogens is 346 g/mol. The summed E-state index contributed by atoms with van der Waals surface area (Å²) in [4.78, 5) is 8.82. The van der Waals surface area contributed by atoms with Gasteiger partial charge < -0.3 is 10.6 Å². The predicted molar refractivity (Wildman–Crippen MR) is 113 cm³/mol. The summed E-state index contributed by atoms with van der Waals surface area (Å²) in [6.45, 7) is 4.11. The lowest BCUT2D eigenvalue weighted by molar-refractivity contribution is 1.00. The average Bonchev–Trinajstić information content (AvgIpc) is 2.70. The quantitative estimate of drug-likeness (QED) is 0.599. The third kappa shape index (κ3) is 4.66. The van der Waals surface area contributed by atoms with E-state index in [1.165, 1.54) is 5.56 Å². The van der Waals surface area contributed by atoms with Gasteiger partial charge in [0, 0.05) is 29.6 Å². The van der Waals surface area contributed by atoms with Crippen molar-refractivity contribution in [1.82, 2.24) is 9.97 Å². The normalized spacial score (nSPS) is 10.0. The molecule has 0 amide bonds. The first-order chi connectivity index (χ1) is 13.6. The van der Waals surface area contributed by atoms with Gasteiger partial charge in [0.2, 0.25) is 5.95 Å². The molecule has 0 unspecified atom stereocenters. The zero-order valence-corrected chi connectivity index (χ0v) is 16.0. The summed E-state index contributed by atoms with van der Waals surface area (Å²) < 4.78 is 0. The van der Waals surface area contributed by atoms with Crippen LogP contribution in [-0.2, 0) is 6.42 Å². The molecular formula is C23H21N5. The van der Waals surface area contributed by atoms with Crippen molar-refractivity contribution in [2.45, 2.75) is 26.7 Å². The maximum atomic E-state index is 8.78. The summed E-state index contributed by atoms with van der Waals surface area (Å²) in [6, 6.07) is 15.8. The van der Waals surface area contributed by atoms with E-state index in [-0.39, 0.29) is 0 Å². The number of nitrogens with zero attached hydrogens (tertiary/aromatic N) is 3. The van der Waals surface area contributed by atoms with Gasteiger partial charge in [0.1, 0.15) is 5.82 Å². The Labute approximate surface area is 165 Å². The summed E-state index contributed by atoms with van der Waals surface area (Å²) in [6.07, 6.45) is 8.38. The van der Waals surface area contributed by atoms with E-state index in [1.54, 1.807) is 6.20 Å². The fourth-order valence-electron chi connectivity index (χ4n) is 2.99. The Kier molecular flexibility index (Phi) is 5.89. The van der Waals surface area contributed by atoms with Crippen LogP contribution in [0, 0.1) is 37.5 Å². The molecule has 3 aromatic rings. The lowest BCUT2D eigenvalue weighted by Gasteiger charge is -2.15. The van der Waals surface area contributed by atoms with Gasteiger partial charge in [-0.3, -0.25) is 0 Å². The molecule has 0 saturated heterocycles. The van der Waals surface area contributed by atoms with Gasteiger partial charge in [-0.25, -0.2) is 4.98 Å². The lowest BCUT2D eigenvalue weighted by Crippen LogP contribution is -2.03. The molecule has 0 bridgehead atoms. The van der Waals surface area contributed by atoms with Crippen LogP contribution in [0.15, 0.2) is 48.7 Å². The molecule has 0 aliphatic heterocycles. The van der Waals surface area contributed by atoms with Gasteiger partial charge in [0.05, 0.1) is 6.07 Å². The fraction of sp³-hybridized carbons (Fsp3) is 0.174. The van der Waals surface area contributed by atoms with Crippen molar-refractivity contribution in [2.75, 3.05) is 10.6 Å². The van der Waals surface area contributed by atoms with E-state index in [4.69, 9.17) is 11.7 Å². The zero-order valence-electron chi connectivity index (χ0n) is 16.0. The molecule has 2 aromatic carbocycles. The van der Waals surface area contributed by atoms with Crippen molar-refractivity contribution in [3.05, 3.63) is 70.9 Å². The van der Waals surface area contributed by atoms with Crippen molar-refractivity contribution in [1.29, 1.82) is 5.26 Å². The molecule has 138 valence electrons. The SMILES string of the molecule is C#Cc1ccc(Nc2nccc(Nc3c(C)cc(CCC#N)cc3C)n2)cc1. The molecule has 0 fully saturated rings. The maximum Gasteiger partial charge on any atom is 0.229 e. The first kappa shape index (κ1) is 18.9. The summed E-state index contributed by atoms with van der Waals surface area (Å²) in [5.41, 5.74) is 6.11. The summed E-state index contributed by atoms with van der Waals surface area (Å²) in [5, 5.41) is 15.3.